The first-order valence-corrected chi connectivity index (χ1v) is 8.08. The van der Waals surface area contributed by atoms with Crippen molar-refractivity contribution in [3.05, 3.63) is 48.0 Å². The van der Waals surface area contributed by atoms with Crippen LogP contribution in [-0.2, 0) is 6.42 Å². The van der Waals surface area contributed by atoms with E-state index in [-0.39, 0.29) is 0 Å². The predicted molar refractivity (Wildman–Crippen MR) is 93.7 cm³/mol. The van der Waals surface area contributed by atoms with Crippen molar-refractivity contribution < 1.29 is 0 Å². The Labute approximate surface area is 129 Å². The van der Waals surface area contributed by atoms with Gasteiger partial charge in [-0.2, -0.15) is 0 Å². The average molecular weight is 283 g/mol. The van der Waals surface area contributed by atoms with Crippen LogP contribution in [0.2, 0.25) is 0 Å². The Morgan fingerprint density at radius 2 is 1.62 bits per heavy atom. The van der Waals surface area contributed by atoms with Crippen molar-refractivity contribution >= 4 is 10.8 Å². The van der Waals surface area contributed by atoms with Crippen LogP contribution in [0.5, 0.6) is 0 Å². The summed E-state index contributed by atoms with van der Waals surface area (Å²) in [5.74, 6) is 0.630. The van der Waals surface area contributed by atoms with E-state index in [1.54, 1.807) is 0 Å². The molecule has 1 atom stereocenters. The summed E-state index contributed by atoms with van der Waals surface area (Å²) in [5.41, 5.74) is 1.78. The second-order valence-corrected chi connectivity index (χ2v) is 7.47. The third-order valence-electron chi connectivity index (χ3n) is 4.34. The van der Waals surface area contributed by atoms with Crippen molar-refractivity contribution in [2.24, 2.45) is 11.3 Å². The van der Waals surface area contributed by atoms with Crippen LogP contribution in [0.15, 0.2) is 42.5 Å². The standard InChI is InChI=1S/C20H29N/c1-15(2)21-14-18(20(3,4)5)13-17-11-8-10-16-9-6-7-12-19(16)17/h6-12,15,18,21H,13-14H2,1-5H3. The molecule has 0 saturated heterocycles. The minimum Gasteiger partial charge on any atom is -0.314 e. The van der Waals surface area contributed by atoms with Crippen LogP contribution < -0.4 is 5.32 Å². The lowest BCUT2D eigenvalue weighted by atomic mass is 9.76. The van der Waals surface area contributed by atoms with Gasteiger partial charge >= 0.3 is 0 Å². The summed E-state index contributed by atoms with van der Waals surface area (Å²) in [7, 11) is 0. The van der Waals surface area contributed by atoms with E-state index in [0.29, 0.717) is 17.4 Å². The fourth-order valence-electron chi connectivity index (χ4n) is 2.80. The number of nitrogens with one attached hydrogen (secondary N) is 1. The summed E-state index contributed by atoms with van der Waals surface area (Å²) < 4.78 is 0. The van der Waals surface area contributed by atoms with E-state index in [2.05, 4.69) is 82.4 Å². The van der Waals surface area contributed by atoms with Gasteiger partial charge in [0.05, 0.1) is 0 Å². The number of fused-ring (bicyclic) bond motifs is 1. The van der Waals surface area contributed by atoms with Crippen LogP contribution in [0, 0.1) is 11.3 Å². The fraction of sp³-hybridized carbons (Fsp3) is 0.500. The third kappa shape index (κ3) is 4.31. The molecule has 114 valence electrons. The molecular formula is C20H29N. The predicted octanol–water partition coefficient (Wildman–Crippen LogP) is 5.04. The molecule has 0 aliphatic carbocycles. The second-order valence-electron chi connectivity index (χ2n) is 7.47. The lowest BCUT2D eigenvalue weighted by molar-refractivity contribution is 0.227. The zero-order valence-electron chi connectivity index (χ0n) is 14.1. The highest BCUT2D eigenvalue weighted by Crippen LogP contribution is 2.31. The monoisotopic (exact) mass is 283 g/mol. The molecule has 2 rings (SSSR count). The molecule has 2 aromatic carbocycles. The molecule has 0 aromatic heterocycles. The van der Waals surface area contributed by atoms with E-state index >= 15 is 0 Å². The van der Waals surface area contributed by atoms with Crippen molar-refractivity contribution in [2.75, 3.05) is 6.54 Å². The molecule has 1 nitrogen and oxygen atoms in total. The normalized spacial score (nSPS) is 13.8. The molecule has 0 bridgehead atoms. The maximum atomic E-state index is 3.62. The Hall–Kier alpha value is -1.34. The van der Waals surface area contributed by atoms with Gasteiger partial charge in [0, 0.05) is 6.04 Å². The minimum absolute atomic E-state index is 0.304. The summed E-state index contributed by atoms with van der Waals surface area (Å²) in [6.45, 7) is 12.6. The van der Waals surface area contributed by atoms with E-state index in [9.17, 15) is 0 Å². The van der Waals surface area contributed by atoms with Gasteiger partial charge in [-0.05, 0) is 40.6 Å². The van der Waals surface area contributed by atoms with E-state index in [1.807, 2.05) is 0 Å². The molecule has 0 radical (unpaired) electrons. The van der Waals surface area contributed by atoms with Crippen molar-refractivity contribution in [3.8, 4) is 0 Å². The number of hydrogen-bond acceptors (Lipinski definition) is 1. The Kier molecular flexibility index (Phi) is 5.05. The largest absolute Gasteiger partial charge is 0.314 e. The van der Waals surface area contributed by atoms with E-state index in [1.165, 1.54) is 16.3 Å². The quantitative estimate of drug-likeness (QED) is 0.810. The first-order chi connectivity index (χ1) is 9.88. The Bertz CT molecular complexity index is 572. The molecule has 0 saturated carbocycles. The zero-order chi connectivity index (χ0) is 15.5. The highest BCUT2D eigenvalue weighted by Gasteiger charge is 2.25. The summed E-state index contributed by atoms with van der Waals surface area (Å²) in [4.78, 5) is 0. The zero-order valence-corrected chi connectivity index (χ0v) is 14.1. The summed E-state index contributed by atoms with van der Waals surface area (Å²) in [5, 5.41) is 6.37. The fourth-order valence-corrected chi connectivity index (χ4v) is 2.80. The van der Waals surface area contributed by atoms with Gasteiger partial charge in [0.25, 0.3) is 0 Å². The smallest absolute Gasteiger partial charge is 0.00104 e. The minimum atomic E-state index is 0.304. The summed E-state index contributed by atoms with van der Waals surface area (Å²) in [6.07, 6.45) is 1.13. The molecule has 0 fully saturated rings. The molecule has 0 heterocycles. The van der Waals surface area contributed by atoms with Gasteiger partial charge in [0.2, 0.25) is 0 Å². The van der Waals surface area contributed by atoms with E-state index < -0.39 is 0 Å². The summed E-state index contributed by atoms with van der Waals surface area (Å²) in [6, 6.07) is 15.9. The topological polar surface area (TPSA) is 12.0 Å². The first kappa shape index (κ1) is 16.0. The SMILES string of the molecule is CC(C)NCC(Cc1cccc2ccccc12)C(C)(C)C. The lowest BCUT2D eigenvalue weighted by Crippen LogP contribution is -2.36. The first-order valence-electron chi connectivity index (χ1n) is 8.08. The molecule has 0 aliphatic heterocycles. The molecular weight excluding hydrogens is 254 g/mol. The van der Waals surface area contributed by atoms with Crippen molar-refractivity contribution in [2.45, 2.75) is 47.1 Å². The highest BCUT2D eigenvalue weighted by molar-refractivity contribution is 5.85. The van der Waals surface area contributed by atoms with Crippen molar-refractivity contribution in [1.29, 1.82) is 0 Å². The molecule has 1 unspecified atom stereocenters. The van der Waals surface area contributed by atoms with Gasteiger partial charge in [0.15, 0.2) is 0 Å². The van der Waals surface area contributed by atoms with E-state index in [0.717, 1.165) is 13.0 Å². The highest BCUT2D eigenvalue weighted by atomic mass is 14.9. The van der Waals surface area contributed by atoms with Gasteiger partial charge in [-0.1, -0.05) is 77.1 Å². The van der Waals surface area contributed by atoms with Crippen LogP contribution in [-0.4, -0.2) is 12.6 Å². The van der Waals surface area contributed by atoms with Gasteiger partial charge < -0.3 is 5.32 Å². The van der Waals surface area contributed by atoms with Crippen LogP contribution in [0.1, 0.15) is 40.2 Å². The van der Waals surface area contributed by atoms with Gasteiger partial charge in [0.1, 0.15) is 0 Å². The third-order valence-corrected chi connectivity index (χ3v) is 4.34. The van der Waals surface area contributed by atoms with Crippen LogP contribution in [0.25, 0.3) is 10.8 Å². The number of benzene rings is 2. The Morgan fingerprint density at radius 1 is 0.952 bits per heavy atom. The van der Waals surface area contributed by atoms with Crippen LogP contribution in [0.4, 0.5) is 0 Å². The Balaban J connectivity index is 2.26. The molecule has 1 N–H and O–H groups in total. The number of rotatable bonds is 5. The molecule has 21 heavy (non-hydrogen) atoms. The van der Waals surface area contributed by atoms with Crippen molar-refractivity contribution in [3.63, 3.8) is 0 Å². The van der Waals surface area contributed by atoms with Crippen LogP contribution >= 0.6 is 0 Å². The van der Waals surface area contributed by atoms with E-state index in [4.69, 9.17) is 0 Å². The van der Waals surface area contributed by atoms with Gasteiger partial charge in [-0.25, -0.2) is 0 Å². The van der Waals surface area contributed by atoms with Crippen molar-refractivity contribution in [1.82, 2.24) is 5.32 Å². The molecule has 0 amide bonds. The van der Waals surface area contributed by atoms with Crippen LogP contribution in [0.3, 0.4) is 0 Å². The summed E-state index contributed by atoms with van der Waals surface area (Å²) >= 11 is 0. The lowest BCUT2D eigenvalue weighted by Gasteiger charge is -2.32. The average Bonchev–Trinajstić information content (AvgIpc) is 2.42. The molecule has 1 heteroatoms. The second kappa shape index (κ2) is 6.62. The Morgan fingerprint density at radius 3 is 2.29 bits per heavy atom. The van der Waals surface area contributed by atoms with Gasteiger partial charge in [-0.15, -0.1) is 0 Å². The van der Waals surface area contributed by atoms with Gasteiger partial charge in [-0.3, -0.25) is 0 Å². The maximum absolute atomic E-state index is 3.62. The molecule has 2 aromatic rings. The molecule has 0 aliphatic rings. The number of hydrogen-bond donors (Lipinski definition) is 1. The molecule has 0 spiro atoms. The maximum Gasteiger partial charge on any atom is 0.00104 e.